The highest BCUT2D eigenvalue weighted by Crippen LogP contribution is 2.23. The van der Waals surface area contributed by atoms with Crippen molar-refractivity contribution in [1.82, 2.24) is 5.32 Å². The molecule has 1 rings (SSSR count). The Morgan fingerprint density at radius 1 is 1.73 bits per heavy atom. The maximum atomic E-state index is 10.8. The van der Waals surface area contributed by atoms with Gasteiger partial charge in [-0.1, -0.05) is 0 Å². The predicted molar refractivity (Wildman–Crippen MR) is 54.9 cm³/mol. The van der Waals surface area contributed by atoms with Crippen molar-refractivity contribution in [2.24, 2.45) is 0 Å². The Morgan fingerprint density at radius 2 is 2.47 bits per heavy atom. The van der Waals surface area contributed by atoms with Gasteiger partial charge in [-0.3, -0.25) is 10.1 Å². The summed E-state index contributed by atoms with van der Waals surface area (Å²) in [6.45, 7) is 3.48. The van der Waals surface area contributed by atoms with Crippen LogP contribution < -0.4 is 5.32 Å². The van der Waals surface area contributed by atoms with Gasteiger partial charge in [-0.15, -0.1) is 0 Å². The van der Waals surface area contributed by atoms with E-state index in [1.165, 1.54) is 7.11 Å². The van der Waals surface area contributed by atoms with Gasteiger partial charge in [0.1, 0.15) is 6.04 Å². The molecule has 1 aliphatic rings. The second-order valence-corrected chi connectivity index (χ2v) is 4.13. The zero-order valence-electron chi connectivity index (χ0n) is 9.28. The average Bonchev–Trinajstić information content (AvgIpc) is 2.60. The van der Waals surface area contributed by atoms with Gasteiger partial charge in [0.05, 0.1) is 12.2 Å². The number of methoxy groups -OCH3 is 1. The molecule has 0 amide bonds. The van der Waals surface area contributed by atoms with E-state index in [1.54, 1.807) is 0 Å². The van der Waals surface area contributed by atoms with Crippen LogP contribution in [0.4, 0.5) is 0 Å². The van der Waals surface area contributed by atoms with Crippen LogP contribution in [0.25, 0.3) is 0 Å². The van der Waals surface area contributed by atoms with Crippen LogP contribution in [0, 0.1) is 0 Å². The Morgan fingerprint density at radius 3 is 2.93 bits per heavy atom. The molecule has 1 aliphatic heterocycles. The zero-order chi connectivity index (χ0) is 11.3. The van der Waals surface area contributed by atoms with Crippen molar-refractivity contribution in [3.8, 4) is 0 Å². The quantitative estimate of drug-likeness (QED) is 0.667. The van der Waals surface area contributed by atoms with Gasteiger partial charge in [0, 0.05) is 20.3 Å². The van der Waals surface area contributed by atoms with Crippen molar-refractivity contribution >= 4 is 5.97 Å². The molecule has 0 bridgehead atoms. The van der Waals surface area contributed by atoms with Crippen molar-refractivity contribution in [2.45, 2.75) is 31.4 Å². The molecule has 15 heavy (non-hydrogen) atoms. The maximum absolute atomic E-state index is 10.8. The number of hydrogen-bond donors (Lipinski definition) is 2. The van der Waals surface area contributed by atoms with E-state index in [4.69, 9.17) is 14.6 Å². The van der Waals surface area contributed by atoms with Crippen LogP contribution in [-0.2, 0) is 14.3 Å². The van der Waals surface area contributed by atoms with Gasteiger partial charge >= 0.3 is 5.97 Å². The van der Waals surface area contributed by atoms with Crippen LogP contribution in [0.2, 0.25) is 0 Å². The van der Waals surface area contributed by atoms with Gasteiger partial charge in [-0.2, -0.15) is 0 Å². The monoisotopic (exact) mass is 217 g/mol. The molecule has 0 radical (unpaired) electrons. The Hall–Kier alpha value is -0.650. The number of aliphatic carboxylic acids is 1. The van der Waals surface area contributed by atoms with Crippen LogP contribution in [0.15, 0.2) is 0 Å². The summed E-state index contributed by atoms with van der Waals surface area (Å²) < 4.78 is 10.4. The van der Waals surface area contributed by atoms with Crippen molar-refractivity contribution in [3.63, 3.8) is 0 Å². The highest BCUT2D eigenvalue weighted by molar-refractivity contribution is 5.73. The molecule has 2 N–H and O–H groups in total. The first-order chi connectivity index (χ1) is 7.07. The second kappa shape index (κ2) is 5.44. The fourth-order valence-electron chi connectivity index (χ4n) is 1.70. The molecule has 0 aromatic rings. The third-order valence-corrected chi connectivity index (χ3v) is 2.65. The molecule has 1 heterocycles. The Bertz CT molecular complexity index is 213. The minimum atomic E-state index is -0.890. The van der Waals surface area contributed by atoms with E-state index in [9.17, 15) is 4.79 Å². The highest BCUT2D eigenvalue weighted by atomic mass is 16.5. The second-order valence-electron chi connectivity index (χ2n) is 4.13. The Kier molecular flexibility index (Phi) is 4.50. The van der Waals surface area contributed by atoms with Crippen LogP contribution in [-0.4, -0.2) is 49.6 Å². The van der Waals surface area contributed by atoms with Crippen molar-refractivity contribution in [1.29, 1.82) is 0 Å². The van der Waals surface area contributed by atoms with E-state index in [0.717, 1.165) is 19.4 Å². The molecular formula is C10H19NO4. The van der Waals surface area contributed by atoms with E-state index in [1.807, 2.05) is 6.92 Å². The fourth-order valence-corrected chi connectivity index (χ4v) is 1.70. The summed E-state index contributed by atoms with van der Waals surface area (Å²) in [4.78, 5) is 10.8. The van der Waals surface area contributed by atoms with Gasteiger partial charge in [0.15, 0.2) is 0 Å². The fraction of sp³-hybridized carbons (Fsp3) is 0.900. The minimum Gasteiger partial charge on any atom is -0.480 e. The van der Waals surface area contributed by atoms with E-state index >= 15 is 0 Å². The number of nitrogens with one attached hydrogen (secondary N) is 1. The van der Waals surface area contributed by atoms with Gasteiger partial charge in [-0.25, -0.2) is 0 Å². The largest absolute Gasteiger partial charge is 0.480 e. The van der Waals surface area contributed by atoms with Gasteiger partial charge in [0.2, 0.25) is 0 Å². The third-order valence-electron chi connectivity index (χ3n) is 2.65. The Labute approximate surface area is 89.8 Å². The summed E-state index contributed by atoms with van der Waals surface area (Å²) in [6, 6.07) is -0.656. The minimum absolute atomic E-state index is 0.172. The number of carbonyl (C=O) groups is 1. The van der Waals surface area contributed by atoms with Gasteiger partial charge in [-0.05, 0) is 19.8 Å². The number of rotatable bonds is 6. The molecule has 2 unspecified atom stereocenters. The number of ether oxygens (including phenoxy) is 2. The molecule has 0 aromatic heterocycles. The van der Waals surface area contributed by atoms with E-state index in [2.05, 4.69) is 5.32 Å². The van der Waals surface area contributed by atoms with Crippen LogP contribution in [0.5, 0.6) is 0 Å². The molecule has 88 valence electrons. The number of carboxylic acids is 1. The number of hydrogen-bond acceptors (Lipinski definition) is 4. The summed E-state index contributed by atoms with van der Waals surface area (Å²) in [7, 11) is 1.49. The lowest BCUT2D eigenvalue weighted by Crippen LogP contribution is -2.47. The topological polar surface area (TPSA) is 67.8 Å². The van der Waals surface area contributed by atoms with Gasteiger partial charge in [0.25, 0.3) is 0 Å². The summed E-state index contributed by atoms with van der Waals surface area (Å²) >= 11 is 0. The molecule has 5 heteroatoms. The van der Waals surface area contributed by atoms with E-state index < -0.39 is 12.0 Å². The highest BCUT2D eigenvalue weighted by Gasteiger charge is 2.31. The van der Waals surface area contributed by atoms with Crippen molar-refractivity contribution in [2.75, 3.05) is 26.9 Å². The van der Waals surface area contributed by atoms with E-state index in [0.29, 0.717) is 6.54 Å². The molecular weight excluding hydrogens is 198 g/mol. The molecule has 2 atom stereocenters. The molecule has 0 aromatic carbocycles. The van der Waals surface area contributed by atoms with Crippen LogP contribution in [0.3, 0.4) is 0 Å². The van der Waals surface area contributed by atoms with E-state index in [-0.39, 0.29) is 12.2 Å². The van der Waals surface area contributed by atoms with Crippen molar-refractivity contribution in [3.05, 3.63) is 0 Å². The molecule has 5 nitrogen and oxygen atoms in total. The lowest BCUT2D eigenvalue weighted by Gasteiger charge is -2.25. The lowest BCUT2D eigenvalue weighted by atomic mass is 10.0. The zero-order valence-corrected chi connectivity index (χ0v) is 9.28. The van der Waals surface area contributed by atoms with Crippen LogP contribution >= 0.6 is 0 Å². The number of carboxylic acid groups (broad SMARTS) is 1. The average molecular weight is 217 g/mol. The molecule has 1 saturated heterocycles. The first kappa shape index (κ1) is 12.4. The molecule has 0 spiro atoms. The maximum Gasteiger partial charge on any atom is 0.323 e. The molecule has 0 aliphatic carbocycles. The normalized spacial score (nSPS) is 27.9. The molecule has 1 fully saturated rings. The summed E-state index contributed by atoms with van der Waals surface area (Å²) in [5.41, 5.74) is -0.221. The van der Waals surface area contributed by atoms with Crippen LogP contribution in [0.1, 0.15) is 19.8 Å². The SMILES string of the molecule is COCC(NCC1(C)CCCO1)C(=O)O. The summed E-state index contributed by atoms with van der Waals surface area (Å²) in [6.07, 6.45) is 2.01. The first-order valence-electron chi connectivity index (χ1n) is 5.16. The Balaban J connectivity index is 2.35. The third kappa shape index (κ3) is 3.77. The predicted octanol–water partition coefficient (Wildman–Crippen LogP) is 0.245. The van der Waals surface area contributed by atoms with Crippen molar-refractivity contribution < 1.29 is 19.4 Å². The summed E-state index contributed by atoms with van der Waals surface area (Å²) in [5, 5.41) is 11.8. The smallest absolute Gasteiger partial charge is 0.323 e. The molecule has 0 saturated carbocycles. The summed E-state index contributed by atoms with van der Waals surface area (Å²) in [5.74, 6) is -0.890. The lowest BCUT2D eigenvalue weighted by molar-refractivity contribution is -0.141. The van der Waals surface area contributed by atoms with Gasteiger partial charge < -0.3 is 14.6 Å². The standard InChI is InChI=1S/C10H19NO4/c1-10(4-3-5-15-10)7-11-8(6-14-2)9(12)13/h8,11H,3-7H2,1-2H3,(H,12,13). The first-order valence-corrected chi connectivity index (χ1v) is 5.16.